The lowest BCUT2D eigenvalue weighted by atomic mass is 9.86. The number of hydrogen-bond donors (Lipinski definition) is 1. The molecule has 0 spiro atoms. The minimum Gasteiger partial charge on any atom is -0.326 e. The molecule has 1 aromatic carbocycles. The number of likely N-dealkylation sites (tertiary alicyclic amines) is 1. The predicted molar refractivity (Wildman–Crippen MR) is 87.1 cm³/mol. The van der Waals surface area contributed by atoms with Gasteiger partial charge in [0.05, 0.1) is 0 Å². The molecular weight excluding hydrogens is 244 g/mol. The maximum atomic E-state index is 6.56. The molecule has 1 fully saturated rings. The van der Waals surface area contributed by atoms with E-state index >= 15 is 0 Å². The molecule has 1 atom stereocenters. The van der Waals surface area contributed by atoms with Crippen LogP contribution in [-0.2, 0) is 6.42 Å². The van der Waals surface area contributed by atoms with Gasteiger partial charge in [-0.2, -0.15) is 0 Å². The Morgan fingerprint density at radius 2 is 1.75 bits per heavy atom. The van der Waals surface area contributed by atoms with E-state index < -0.39 is 0 Å². The third-order valence-electron chi connectivity index (χ3n) is 5.11. The Morgan fingerprint density at radius 1 is 1.10 bits per heavy atom. The molecule has 0 saturated carbocycles. The van der Waals surface area contributed by atoms with Crippen LogP contribution >= 0.6 is 0 Å². The third kappa shape index (κ3) is 3.42. The second-order valence-corrected chi connectivity index (χ2v) is 6.93. The Hall–Kier alpha value is -0.860. The van der Waals surface area contributed by atoms with E-state index in [4.69, 9.17) is 5.73 Å². The second-order valence-electron chi connectivity index (χ2n) is 6.93. The van der Waals surface area contributed by atoms with Crippen molar-refractivity contribution in [3.63, 3.8) is 0 Å². The zero-order chi connectivity index (χ0) is 14.8. The summed E-state index contributed by atoms with van der Waals surface area (Å²) in [5.41, 5.74) is 10.7. The van der Waals surface area contributed by atoms with E-state index in [1.807, 2.05) is 0 Å². The summed E-state index contributed by atoms with van der Waals surface area (Å²) in [5, 5.41) is 0. The Kier molecular flexibility index (Phi) is 4.87. The number of hydrogen-bond acceptors (Lipinski definition) is 2. The first-order valence-corrected chi connectivity index (χ1v) is 7.98. The van der Waals surface area contributed by atoms with Gasteiger partial charge in [0.25, 0.3) is 0 Å². The Morgan fingerprint density at radius 3 is 2.35 bits per heavy atom. The molecule has 1 saturated heterocycles. The summed E-state index contributed by atoms with van der Waals surface area (Å²) in [6, 6.07) is 6.92. The number of benzene rings is 1. The summed E-state index contributed by atoms with van der Waals surface area (Å²) in [7, 11) is 0. The van der Waals surface area contributed by atoms with E-state index in [9.17, 15) is 0 Å². The van der Waals surface area contributed by atoms with E-state index in [1.165, 1.54) is 49.0 Å². The SMILES string of the molecule is Cc1ccc(CC(N)C(C)(C)N2CCCCC2)cc1C. The fourth-order valence-corrected chi connectivity index (χ4v) is 3.14. The van der Waals surface area contributed by atoms with Gasteiger partial charge in [0.1, 0.15) is 0 Å². The highest BCUT2D eigenvalue weighted by Gasteiger charge is 2.33. The lowest BCUT2D eigenvalue weighted by Gasteiger charge is -2.44. The van der Waals surface area contributed by atoms with Gasteiger partial charge in [-0.05, 0) is 76.7 Å². The largest absolute Gasteiger partial charge is 0.326 e. The normalized spacial score (nSPS) is 19.1. The Balaban J connectivity index is 2.05. The second kappa shape index (κ2) is 6.28. The molecule has 112 valence electrons. The van der Waals surface area contributed by atoms with Crippen LogP contribution in [0.4, 0.5) is 0 Å². The predicted octanol–water partition coefficient (Wildman–Crippen LogP) is 3.44. The molecule has 2 N–H and O–H groups in total. The molecule has 2 heteroatoms. The monoisotopic (exact) mass is 274 g/mol. The standard InChI is InChI=1S/C18H30N2/c1-14-8-9-16(12-15(14)2)13-17(19)18(3,4)20-10-6-5-7-11-20/h8-9,12,17H,5-7,10-11,13,19H2,1-4H3. The lowest BCUT2D eigenvalue weighted by molar-refractivity contribution is 0.0731. The van der Waals surface area contributed by atoms with Crippen LogP contribution in [0.5, 0.6) is 0 Å². The van der Waals surface area contributed by atoms with E-state index in [0.717, 1.165) is 6.42 Å². The van der Waals surface area contributed by atoms with Gasteiger partial charge in [-0.1, -0.05) is 24.6 Å². The molecule has 1 aliphatic rings. The van der Waals surface area contributed by atoms with Gasteiger partial charge in [0, 0.05) is 11.6 Å². The maximum Gasteiger partial charge on any atom is 0.0307 e. The van der Waals surface area contributed by atoms with Gasteiger partial charge in [-0.25, -0.2) is 0 Å². The smallest absolute Gasteiger partial charge is 0.0307 e. The molecule has 1 aromatic rings. The first-order valence-electron chi connectivity index (χ1n) is 7.98. The van der Waals surface area contributed by atoms with Crippen LogP contribution in [0.15, 0.2) is 18.2 Å². The van der Waals surface area contributed by atoms with Crippen molar-refractivity contribution in [1.82, 2.24) is 4.90 Å². The first kappa shape index (κ1) is 15.5. The highest BCUT2D eigenvalue weighted by Crippen LogP contribution is 2.25. The zero-order valence-electron chi connectivity index (χ0n) is 13.6. The fraction of sp³-hybridized carbons (Fsp3) is 0.667. The summed E-state index contributed by atoms with van der Waals surface area (Å²) < 4.78 is 0. The minimum absolute atomic E-state index is 0.0826. The van der Waals surface area contributed by atoms with Crippen molar-refractivity contribution < 1.29 is 0 Å². The average Bonchev–Trinajstić information content (AvgIpc) is 2.44. The summed E-state index contributed by atoms with van der Waals surface area (Å²) in [5.74, 6) is 0. The molecule has 0 aromatic heterocycles. The molecule has 0 bridgehead atoms. The van der Waals surface area contributed by atoms with Crippen LogP contribution in [0, 0.1) is 13.8 Å². The molecule has 0 aliphatic carbocycles. The molecule has 1 aliphatic heterocycles. The first-order chi connectivity index (χ1) is 9.41. The molecule has 2 nitrogen and oxygen atoms in total. The van der Waals surface area contributed by atoms with Crippen LogP contribution in [0.3, 0.4) is 0 Å². The van der Waals surface area contributed by atoms with E-state index in [1.54, 1.807) is 0 Å². The van der Waals surface area contributed by atoms with Crippen LogP contribution < -0.4 is 5.73 Å². The van der Waals surface area contributed by atoms with E-state index in [2.05, 4.69) is 50.8 Å². The summed E-state index contributed by atoms with van der Waals surface area (Å²) >= 11 is 0. The third-order valence-corrected chi connectivity index (χ3v) is 5.11. The molecule has 20 heavy (non-hydrogen) atoms. The molecular formula is C18H30N2. The molecule has 0 radical (unpaired) electrons. The van der Waals surface area contributed by atoms with Crippen LogP contribution in [0.25, 0.3) is 0 Å². The molecule has 1 heterocycles. The van der Waals surface area contributed by atoms with Gasteiger partial charge in [-0.15, -0.1) is 0 Å². The fourth-order valence-electron chi connectivity index (χ4n) is 3.14. The van der Waals surface area contributed by atoms with Gasteiger partial charge in [0.15, 0.2) is 0 Å². The highest BCUT2D eigenvalue weighted by molar-refractivity contribution is 5.30. The van der Waals surface area contributed by atoms with Crippen molar-refractivity contribution in [2.75, 3.05) is 13.1 Å². The van der Waals surface area contributed by atoms with Crippen LogP contribution in [-0.4, -0.2) is 29.6 Å². The van der Waals surface area contributed by atoms with Crippen molar-refractivity contribution in [2.24, 2.45) is 5.73 Å². The molecule has 0 amide bonds. The zero-order valence-corrected chi connectivity index (χ0v) is 13.6. The van der Waals surface area contributed by atoms with Gasteiger partial charge in [0.2, 0.25) is 0 Å². The maximum absolute atomic E-state index is 6.56. The van der Waals surface area contributed by atoms with Crippen molar-refractivity contribution in [1.29, 1.82) is 0 Å². The molecule has 2 rings (SSSR count). The highest BCUT2D eigenvalue weighted by atomic mass is 15.2. The number of piperidine rings is 1. The van der Waals surface area contributed by atoms with Crippen molar-refractivity contribution in [2.45, 2.75) is 65.0 Å². The Labute approximate surface area is 124 Å². The summed E-state index contributed by atoms with van der Waals surface area (Å²) in [6.07, 6.45) is 4.98. The van der Waals surface area contributed by atoms with Crippen molar-refractivity contribution >= 4 is 0 Å². The lowest BCUT2D eigenvalue weighted by Crippen LogP contribution is -2.58. The number of rotatable bonds is 4. The number of nitrogens with two attached hydrogens (primary N) is 1. The van der Waals surface area contributed by atoms with Crippen molar-refractivity contribution in [3.8, 4) is 0 Å². The van der Waals surface area contributed by atoms with Gasteiger partial charge < -0.3 is 5.73 Å². The number of nitrogens with zero attached hydrogens (tertiary/aromatic N) is 1. The summed E-state index contributed by atoms with van der Waals surface area (Å²) in [6.45, 7) is 11.4. The summed E-state index contributed by atoms with van der Waals surface area (Å²) in [4.78, 5) is 2.59. The van der Waals surface area contributed by atoms with Crippen LogP contribution in [0.1, 0.15) is 49.8 Å². The minimum atomic E-state index is 0.0826. The average molecular weight is 274 g/mol. The Bertz CT molecular complexity index is 445. The van der Waals surface area contributed by atoms with E-state index in [0.29, 0.717) is 0 Å². The topological polar surface area (TPSA) is 29.3 Å². The van der Waals surface area contributed by atoms with E-state index in [-0.39, 0.29) is 11.6 Å². The number of aryl methyl sites for hydroxylation is 2. The van der Waals surface area contributed by atoms with Crippen LogP contribution in [0.2, 0.25) is 0 Å². The van der Waals surface area contributed by atoms with Crippen molar-refractivity contribution in [3.05, 3.63) is 34.9 Å². The van der Waals surface area contributed by atoms with Gasteiger partial charge >= 0.3 is 0 Å². The quantitative estimate of drug-likeness (QED) is 0.911. The van der Waals surface area contributed by atoms with Gasteiger partial charge in [-0.3, -0.25) is 4.90 Å². The molecule has 1 unspecified atom stereocenters.